The van der Waals surface area contributed by atoms with Crippen molar-refractivity contribution in [2.24, 2.45) is 11.8 Å². The van der Waals surface area contributed by atoms with E-state index >= 15 is 4.39 Å². The molecule has 0 amide bonds. The Bertz CT molecular complexity index is 1260. The van der Waals surface area contributed by atoms with Crippen molar-refractivity contribution < 1.29 is 19.0 Å². The van der Waals surface area contributed by atoms with Gasteiger partial charge in [-0.15, -0.1) is 0 Å². The Kier molecular flexibility index (Phi) is 6.37. The molecule has 2 aromatic rings. The first kappa shape index (κ1) is 24.6. The largest absolute Gasteiger partial charge is 0.511 e. The normalized spacial score (nSPS) is 29.3. The molecule has 4 saturated heterocycles. The van der Waals surface area contributed by atoms with Crippen molar-refractivity contribution >= 4 is 22.7 Å². The van der Waals surface area contributed by atoms with E-state index < -0.39 is 17.4 Å². The number of carbonyl (C=O) groups is 1. The van der Waals surface area contributed by atoms with Gasteiger partial charge in [0.2, 0.25) is 5.43 Å². The maximum absolute atomic E-state index is 15.0. The van der Waals surface area contributed by atoms with Crippen LogP contribution in [0.15, 0.2) is 23.1 Å². The highest BCUT2D eigenvalue weighted by Crippen LogP contribution is 2.40. The standard InChI is InChI=1S/C20H22FN3O4.C7H14N2/c1-22-5-4-11-8-23(9-17(11)22)16-7-15-13(6-14(16)21)19(25)18(28-20(26)27)10-24(15)12-2-3-12;1-9-3-2-6-4-8-5-7(6)9/h6-7,10-12,17H,2-5,8-9H2,1H3,(H,26,27);6-8H,2-5H2,1H3. The Hall–Kier alpha value is -2.69. The smallest absolute Gasteiger partial charge is 0.449 e. The van der Waals surface area contributed by atoms with E-state index in [9.17, 15) is 9.59 Å². The van der Waals surface area contributed by atoms with Crippen LogP contribution in [0.2, 0.25) is 0 Å². The third-order valence-corrected chi connectivity index (χ3v) is 9.09. The van der Waals surface area contributed by atoms with Crippen LogP contribution in [0.5, 0.6) is 5.75 Å². The lowest BCUT2D eigenvalue weighted by Gasteiger charge is -2.24. The Labute approximate surface area is 215 Å². The number of likely N-dealkylation sites (N-methyl/N-ethyl adjacent to an activating group) is 2. The molecule has 1 aromatic heterocycles. The van der Waals surface area contributed by atoms with E-state index in [-0.39, 0.29) is 17.2 Å². The van der Waals surface area contributed by atoms with Gasteiger partial charge in [-0.3, -0.25) is 4.79 Å². The maximum Gasteiger partial charge on any atom is 0.511 e. The first-order valence-corrected chi connectivity index (χ1v) is 13.5. The average molecular weight is 514 g/mol. The van der Waals surface area contributed by atoms with E-state index in [1.165, 1.54) is 38.3 Å². The fraction of sp³-hybridized carbons (Fsp3) is 0.630. The van der Waals surface area contributed by atoms with Crippen LogP contribution in [-0.2, 0) is 0 Å². The molecule has 9 nitrogen and oxygen atoms in total. The van der Waals surface area contributed by atoms with Crippen LogP contribution in [0.4, 0.5) is 14.9 Å². The van der Waals surface area contributed by atoms with Crippen molar-refractivity contribution in [2.45, 2.75) is 43.8 Å². The molecule has 0 radical (unpaired) electrons. The first-order chi connectivity index (χ1) is 17.8. The van der Waals surface area contributed by atoms with Gasteiger partial charge in [-0.2, -0.15) is 0 Å². The summed E-state index contributed by atoms with van der Waals surface area (Å²) in [4.78, 5) is 30.5. The zero-order chi connectivity index (χ0) is 25.8. The minimum Gasteiger partial charge on any atom is -0.449 e. The predicted octanol–water partition coefficient (Wildman–Crippen LogP) is 2.58. The number of nitrogens with zero attached hydrogens (tertiary/aromatic N) is 4. The average Bonchev–Trinajstić information content (AvgIpc) is 3.16. The SMILES string of the molecule is CN1CCC2CN(c3cc4c(cc3F)c(=O)c(OC(=O)O)cn4C3CC3)CC21.CN1CCC2CNCC21. The van der Waals surface area contributed by atoms with Gasteiger partial charge in [0.05, 0.1) is 22.8 Å². The molecule has 7 rings (SSSR count). The van der Waals surface area contributed by atoms with Gasteiger partial charge in [-0.25, -0.2) is 9.18 Å². The summed E-state index contributed by atoms with van der Waals surface area (Å²) in [7, 11) is 4.34. The van der Waals surface area contributed by atoms with Crippen molar-refractivity contribution in [3.63, 3.8) is 0 Å². The minimum atomic E-state index is -1.55. The second kappa shape index (κ2) is 9.56. The molecular formula is C27H36FN5O4. The molecule has 5 aliphatic rings. The Morgan fingerprint density at radius 3 is 2.43 bits per heavy atom. The van der Waals surface area contributed by atoms with Crippen molar-refractivity contribution in [3.8, 4) is 5.75 Å². The van der Waals surface area contributed by atoms with Gasteiger partial charge in [0, 0.05) is 37.8 Å². The number of nitrogens with one attached hydrogen (secondary N) is 1. The molecule has 4 unspecified atom stereocenters. The highest BCUT2D eigenvalue weighted by atomic mass is 19.1. The monoisotopic (exact) mass is 513 g/mol. The fourth-order valence-corrected chi connectivity index (χ4v) is 6.83. The summed E-state index contributed by atoms with van der Waals surface area (Å²) < 4.78 is 21.5. The molecule has 1 aromatic carbocycles. The number of ether oxygens (including phenoxy) is 1. The van der Waals surface area contributed by atoms with Gasteiger partial charge in [0.1, 0.15) is 5.82 Å². The van der Waals surface area contributed by atoms with Crippen LogP contribution in [0.3, 0.4) is 0 Å². The van der Waals surface area contributed by atoms with E-state index in [4.69, 9.17) is 5.11 Å². The molecule has 10 heteroatoms. The molecular weight excluding hydrogens is 477 g/mol. The maximum atomic E-state index is 15.0. The van der Waals surface area contributed by atoms with Crippen LogP contribution in [0, 0.1) is 17.7 Å². The topological polar surface area (TPSA) is 90.3 Å². The number of pyridine rings is 1. The number of likely N-dealkylation sites (tertiary alicyclic amines) is 2. The lowest BCUT2D eigenvalue weighted by atomic mass is 10.1. The summed E-state index contributed by atoms with van der Waals surface area (Å²) in [6.07, 6.45) is 4.31. The van der Waals surface area contributed by atoms with Crippen LogP contribution in [0.1, 0.15) is 31.7 Å². The van der Waals surface area contributed by atoms with Crippen LogP contribution >= 0.6 is 0 Å². The molecule has 5 heterocycles. The second-order valence-corrected chi connectivity index (χ2v) is 11.4. The van der Waals surface area contributed by atoms with Gasteiger partial charge in [0.15, 0.2) is 5.75 Å². The van der Waals surface area contributed by atoms with Gasteiger partial charge >= 0.3 is 6.16 Å². The van der Waals surface area contributed by atoms with Gasteiger partial charge in [-0.05, 0) is 83.4 Å². The number of carboxylic acid groups (broad SMARTS) is 1. The molecule has 0 bridgehead atoms. The van der Waals surface area contributed by atoms with E-state index in [0.717, 1.165) is 50.9 Å². The fourth-order valence-electron chi connectivity index (χ4n) is 6.83. The van der Waals surface area contributed by atoms with Crippen molar-refractivity contribution in [1.29, 1.82) is 0 Å². The number of anilines is 1. The predicted molar refractivity (Wildman–Crippen MR) is 139 cm³/mol. The number of benzene rings is 1. The zero-order valence-corrected chi connectivity index (χ0v) is 21.5. The molecule has 0 spiro atoms. The molecule has 4 atom stereocenters. The third-order valence-electron chi connectivity index (χ3n) is 9.09. The molecule has 4 aliphatic heterocycles. The van der Waals surface area contributed by atoms with Crippen LogP contribution < -0.4 is 20.4 Å². The van der Waals surface area contributed by atoms with Crippen molar-refractivity contribution in [2.75, 3.05) is 58.3 Å². The Balaban J connectivity index is 0.000000235. The van der Waals surface area contributed by atoms with E-state index in [1.54, 1.807) is 6.07 Å². The van der Waals surface area contributed by atoms with Crippen LogP contribution in [-0.4, -0.2) is 91.1 Å². The minimum absolute atomic E-state index is 0.156. The summed E-state index contributed by atoms with van der Waals surface area (Å²) in [5.74, 6) is 0.769. The zero-order valence-electron chi connectivity index (χ0n) is 21.5. The molecule has 200 valence electrons. The second-order valence-electron chi connectivity index (χ2n) is 11.4. The number of aromatic nitrogens is 1. The highest BCUT2D eigenvalue weighted by molar-refractivity contribution is 5.85. The van der Waals surface area contributed by atoms with Gasteiger partial charge < -0.3 is 34.4 Å². The highest BCUT2D eigenvalue weighted by Gasteiger charge is 2.40. The van der Waals surface area contributed by atoms with E-state index in [2.05, 4.69) is 38.8 Å². The number of rotatable bonds is 3. The van der Waals surface area contributed by atoms with Crippen molar-refractivity contribution in [3.05, 3.63) is 34.4 Å². The Morgan fingerprint density at radius 2 is 1.76 bits per heavy atom. The molecule has 1 aliphatic carbocycles. The van der Waals surface area contributed by atoms with Gasteiger partial charge in [0.25, 0.3) is 0 Å². The molecule has 5 fully saturated rings. The Morgan fingerprint density at radius 1 is 1.03 bits per heavy atom. The summed E-state index contributed by atoms with van der Waals surface area (Å²) in [5.41, 5.74) is 0.542. The first-order valence-electron chi connectivity index (χ1n) is 13.5. The number of halogens is 1. The quantitative estimate of drug-likeness (QED) is 0.606. The molecule has 37 heavy (non-hydrogen) atoms. The number of fused-ring (bicyclic) bond motifs is 3. The molecule has 1 saturated carbocycles. The molecule has 2 N–H and O–H groups in total. The summed E-state index contributed by atoms with van der Waals surface area (Å²) in [5, 5.41) is 12.5. The van der Waals surface area contributed by atoms with E-state index in [1.807, 2.05) is 4.57 Å². The lowest BCUT2D eigenvalue weighted by molar-refractivity contribution is 0.143. The lowest BCUT2D eigenvalue weighted by Crippen LogP contribution is -2.32. The summed E-state index contributed by atoms with van der Waals surface area (Å²) >= 11 is 0. The number of hydrogen-bond donors (Lipinski definition) is 2. The number of hydrogen-bond acceptors (Lipinski definition) is 7. The van der Waals surface area contributed by atoms with Crippen LogP contribution in [0.25, 0.3) is 10.9 Å². The van der Waals surface area contributed by atoms with Crippen molar-refractivity contribution in [1.82, 2.24) is 19.7 Å². The summed E-state index contributed by atoms with van der Waals surface area (Å²) in [6, 6.07) is 4.47. The van der Waals surface area contributed by atoms with Gasteiger partial charge in [-0.1, -0.05) is 0 Å². The van der Waals surface area contributed by atoms with E-state index in [0.29, 0.717) is 23.2 Å². The third kappa shape index (κ3) is 4.59. The summed E-state index contributed by atoms with van der Waals surface area (Å²) in [6.45, 7) is 6.47.